The van der Waals surface area contributed by atoms with E-state index in [1.165, 1.54) is 54.3 Å². The lowest BCUT2D eigenvalue weighted by atomic mass is 9.85. The molecule has 0 atom stereocenters. The second-order valence-electron chi connectivity index (χ2n) is 8.57. The van der Waals surface area contributed by atoms with Gasteiger partial charge < -0.3 is 9.88 Å². The molecule has 1 aliphatic rings. The maximum atomic E-state index is 12.8. The molecule has 29 heavy (non-hydrogen) atoms. The fourth-order valence-corrected chi connectivity index (χ4v) is 4.27. The number of hydrogen-bond acceptors (Lipinski definition) is 1. The molecule has 1 aliphatic carbocycles. The van der Waals surface area contributed by atoms with Crippen molar-refractivity contribution < 1.29 is 4.79 Å². The van der Waals surface area contributed by atoms with Crippen LogP contribution in [0.25, 0.3) is 10.9 Å². The van der Waals surface area contributed by atoms with Gasteiger partial charge in [-0.3, -0.25) is 4.79 Å². The van der Waals surface area contributed by atoms with Crippen molar-refractivity contribution in [3.05, 3.63) is 70.9 Å². The molecule has 3 nitrogen and oxygen atoms in total. The van der Waals surface area contributed by atoms with Crippen LogP contribution in [0.3, 0.4) is 0 Å². The smallest absolute Gasteiger partial charge is 0.251 e. The van der Waals surface area contributed by atoms with Gasteiger partial charge in [-0.25, -0.2) is 0 Å². The molecule has 1 fully saturated rings. The first kappa shape index (κ1) is 19.8. The zero-order valence-electron chi connectivity index (χ0n) is 17.7. The number of fused-ring (bicyclic) bond motifs is 1. The highest BCUT2D eigenvalue weighted by Crippen LogP contribution is 2.31. The number of carbonyl (C=O) groups is 1. The summed E-state index contributed by atoms with van der Waals surface area (Å²) < 4.78 is 2.40. The molecule has 1 amide bonds. The van der Waals surface area contributed by atoms with Crippen molar-refractivity contribution in [3.63, 3.8) is 0 Å². The molecular weight excluding hydrogens is 356 g/mol. The number of aryl methyl sites for hydroxylation is 2. The van der Waals surface area contributed by atoms with Gasteiger partial charge in [-0.15, -0.1) is 0 Å². The summed E-state index contributed by atoms with van der Waals surface area (Å²) in [6, 6.07) is 16.9. The Morgan fingerprint density at radius 3 is 2.69 bits per heavy atom. The zero-order chi connectivity index (χ0) is 20.2. The van der Waals surface area contributed by atoms with Gasteiger partial charge in [0.05, 0.1) is 0 Å². The van der Waals surface area contributed by atoms with Crippen molar-refractivity contribution >= 4 is 16.8 Å². The van der Waals surface area contributed by atoms with Crippen LogP contribution >= 0.6 is 0 Å². The fraction of sp³-hybridized carbons (Fsp3) is 0.423. The Morgan fingerprint density at radius 1 is 1.10 bits per heavy atom. The average Bonchev–Trinajstić information content (AvgIpc) is 3.01. The normalized spacial score (nSPS) is 14.1. The molecule has 0 spiro atoms. The standard InChI is InChI=1S/C26H32N2O/c1-3-4-7-20-8-5-11-22(15-20)17-27-26(29)24-13-12-23-14-19(2)28(25(23)16-24)18-21-9-6-10-21/h5,8,11-16,21H,3-4,6-7,9-10,17-18H2,1-2H3,(H,27,29). The maximum absolute atomic E-state index is 12.8. The van der Waals surface area contributed by atoms with Crippen LogP contribution in [0.5, 0.6) is 0 Å². The summed E-state index contributed by atoms with van der Waals surface area (Å²) in [6.45, 7) is 6.03. The SMILES string of the molecule is CCCCc1cccc(CNC(=O)c2ccc3cc(C)n(CC4CCC4)c3c2)c1. The molecule has 3 aromatic rings. The average molecular weight is 389 g/mol. The van der Waals surface area contributed by atoms with E-state index in [0.29, 0.717) is 6.54 Å². The van der Waals surface area contributed by atoms with Crippen LogP contribution in [0.2, 0.25) is 0 Å². The first-order chi connectivity index (χ1) is 14.1. The Morgan fingerprint density at radius 2 is 1.93 bits per heavy atom. The van der Waals surface area contributed by atoms with E-state index < -0.39 is 0 Å². The van der Waals surface area contributed by atoms with Crippen molar-refractivity contribution in [2.24, 2.45) is 5.92 Å². The molecule has 0 unspecified atom stereocenters. The number of hydrogen-bond donors (Lipinski definition) is 1. The van der Waals surface area contributed by atoms with Crippen LogP contribution in [-0.4, -0.2) is 10.5 Å². The highest BCUT2D eigenvalue weighted by molar-refractivity contribution is 5.98. The molecule has 0 bridgehead atoms. The van der Waals surface area contributed by atoms with E-state index in [9.17, 15) is 4.79 Å². The van der Waals surface area contributed by atoms with Crippen molar-refractivity contribution in [1.29, 1.82) is 0 Å². The van der Waals surface area contributed by atoms with Crippen LogP contribution in [0, 0.1) is 12.8 Å². The third-order valence-electron chi connectivity index (χ3n) is 6.30. The molecule has 3 heteroatoms. The molecule has 1 N–H and O–H groups in total. The molecule has 152 valence electrons. The number of amides is 1. The minimum Gasteiger partial charge on any atom is -0.348 e. The van der Waals surface area contributed by atoms with Crippen molar-refractivity contribution in [1.82, 2.24) is 9.88 Å². The number of aromatic nitrogens is 1. The van der Waals surface area contributed by atoms with Gasteiger partial charge in [0.25, 0.3) is 5.91 Å². The van der Waals surface area contributed by atoms with Crippen LogP contribution < -0.4 is 5.32 Å². The fourth-order valence-electron chi connectivity index (χ4n) is 4.27. The minimum atomic E-state index is -0.0000847. The minimum absolute atomic E-state index is 0.0000847. The Labute approximate surface area is 174 Å². The summed E-state index contributed by atoms with van der Waals surface area (Å²) in [6.07, 6.45) is 7.52. The van der Waals surface area contributed by atoms with Crippen LogP contribution in [0.1, 0.15) is 66.2 Å². The lowest BCUT2D eigenvalue weighted by molar-refractivity contribution is 0.0951. The molecule has 1 saturated carbocycles. The van der Waals surface area contributed by atoms with Crippen LogP contribution in [0.15, 0.2) is 48.5 Å². The Kier molecular flexibility index (Phi) is 6.03. The largest absolute Gasteiger partial charge is 0.348 e. The summed E-state index contributed by atoms with van der Waals surface area (Å²) in [4.78, 5) is 12.8. The number of benzene rings is 2. The predicted molar refractivity (Wildman–Crippen MR) is 120 cm³/mol. The maximum Gasteiger partial charge on any atom is 0.251 e. The third kappa shape index (κ3) is 4.55. The van der Waals surface area contributed by atoms with Gasteiger partial charge in [0.1, 0.15) is 0 Å². The van der Waals surface area contributed by atoms with Crippen molar-refractivity contribution in [2.45, 2.75) is 65.5 Å². The third-order valence-corrected chi connectivity index (χ3v) is 6.30. The molecule has 0 saturated heterocycles. The number of carbonyl (C=O) groups excluding carboxylic acids is 1. The lowest BCUT2D eigenvalue weighted by Gasteiger charge is -2.26. The molecule has 1 aromatic heterocycles. The van der Waals surface area contributed by atoms with Gasteiger partial charge in [-0.05, 0) is 73.2 Å². The van der Waals surface area contributed by atoms with Gasteiger partial charge in [-0.1, -0.05) is 50.1 Å². The van der Waals surface area contributed by atoms with Gasteiger partial charge in [-0.2, -0.15) is 0 Å². The van der Waals surface area contributed by atoms with Gasteiger partial charge >= 0.3 is 0 Å². The van der Waals surface area contributed by atoms with E-state index in [4.69, 9.17) is 0 Å². The highest BCUT2D eigenvalue weighted by Gasteiger charge is 2.20. The van der Waals surface area contributed by atoms with Crippen LogP contribution in [-0.2, 0) is 19.5 Å². The van der Waals surface area contributed by atoms with Gasteiger partial charge in [0.2, 0.25) is 0 Å². The lowest BCUT2D eigenvalue weighted by Crippen LogP contribution is -2.23. The molecule has 1 heterocycles. The molecule has 4 rings (SSSR count). The Hall–Kier alpha value is -2.55. The summed E-state index contributed by atoms with van der Waals surface area (Å²) >= 11 is 0. The van der Waals surface area contributed by atoms with E-state index in [0.717, 1.165) is 30.0 Å². The molecule has 2 aromatic carbocycles. The summed E-state index contributed by atoms with van der Waals surface area (Å²) in [5.74, 6) is 0.793. The summed E-state index contributed by atoms with van der Waals surface area (Å²) in [7, 11) is 0. The number of nitrogens with zero attached hydrogens (tertiary/aromatic N) is 1. The first-order valence-electron chi connectivity index (χ1n) is 11.1. The molecular formula is C26H32N2O. The van der Waals surface area contributed by atoms with E-state index >= 15 is 0 Å². The van der Waals surface area contributed by atoms with E-state index in [2.05, 4.69) is 66.2 Å². The quantitative estimate of drug-likeness (QED) is 0.503. The van der Waals surface area contributed by atoms with Gasteiger partial charge in [0.15, 0.2) is 0 Å². The van der Waals surface area contributed by atoms with E-state index in [1.807, 2.05) is 6.07 Å². The zero-order valence-corrected chi connectivity index (χ0v) is 17.7. The van der Waals surface area contributed by atoms with E-state index in [1.54, 1.807) is 0 Å². The summed E-state index contributed by atoms with van der Waals surface area (Å²) in [5, 5.41) is 4.33. The molecule has 0 aliphatic heterocycles. The monoisotopic (exact) mass is 388 g/mol. The number of nitrogens with one attached hydrogen (secondary N) is 1. The second kappa shape index (κ2) is 8.86. The van der Waals surface area contributed by atoms with E-state index in [-0.39, 0.29) is 5.91 Å². The predicted octanol–water partition coefficient (Wildman–Crippen LogP) is 6.02. The van der Waals surface area contributed by atoms with Crippen LogP contribution in [0.4, 0.5) is 0 Å². The highest BCUT2D eigenvalue weighted by atomic mass is 16.1. The number of rotatable bonds is 8. The summed E-state index contributed by atoms with van der Waals surface area (Å²) in [5.41, 5.74) is 5.73. The number of unbranched alkanes of at least 4 members (excludes halogenated alkanes) is 1. The topological polar surface area (TPSA) is 34.0 Å². The van der Waals surface area contributed by atoms with Crippen molar-refractivity contribution in [2.75, 3.05) is 0 Å². The Balaban J connectivity index is 1.46. The molecule has 0 radical (unpaired) electrons. The Bertz CT molecular complexity index is 997. The van der Waals surface area contributed by atoms with Gasteiger partial charge in [0, 0.05) is 29.9 Å². The van der Waals surface area contributed by atoms with Crippen molar-refractivity contribution in [3.8, 4) is 0 Å². The second-order valence-corrected chi connectivity index (χ2v) is 8.57. The first-order valence-corrected chi connectivity index (χ1v) is 11.1.